The highest BCUT2D eigenvalue weighted by atomic mass is 16.5. The van der Waals surface area contributed by atoms with Gasteiger partial charge in [-0.1, -0.05) is 54.6 Å². The van der Waals surface area contributed by atoms with Gasteiger partial charge in [0.05, 0.1) is 6.61 Å². The first-order chi connectivity index (χ1) is 8.36. The Balaban J connectivity index is 1.97. The zero-order chi connectivity index (χ0) is 11.7. The highest BCUT2D eigenvalue weighted by Gasteiger charge is 2.29. The van der Waals surface area contributed by atoms with Crippen molar-refractivity contribution in [2.24, 2.45) is 0 Å². The molecule has 2 aromatic rings. The van der Waals surface area contributed by atoms with Gasteiger partial charge in [-0.2, -0.15) is 0 Å². The number of ether oxygens (including phenoxy) is 1. The third-order valence-electron chi connectivity index (χ3n) is 3.21. The fourth-order valence-electron chi connectivity index (χ4n) is 2.31. The van der Waals surface area contributed by atoms with Crippen LogP contribution in [0.1, 0.15) is 28.9 Å². The molecule has 2 atom stereocenters. The molecular weight excluding hydrogens is 212 g/mol. The third kappa shape index (κ3) is 1.86. The van der Waals surface area contributed by atoms with E-state index >= 15 is 0 Å². The lowest BCUT2D eigenvalue weighted by Gasteiger charge is -2.30. The Bertz CT molecular complexity index is 507. The quantitative estimate of drug-likeness (QED) is 0.810. The predicted molar refractivity (Wildman–Crippen MR) is 65.4 cm³/mol. The minimum absolute atomic E-state index is 0.258. The summed E-state index contributed by atoms with van der Waals surface area (Å²) in [5, 5.41) is 10.3. The smallest absolute Gasteiger partial charge is 0.113 e. The van der Waals surface area contributed by atoms with E-state index in [1.165, 1.54) is 0 Å². The summed E-state index contributed by atoms with van der Waals surface area (Å²) in [5.41, 5.74) is 3.08. The highest BCUT2D eigenvalue weighted by molar-refractivity contribution is 5.33. The van der Waals surface area contributed by atoms with Crippen LogP contribution in [0.25, 0.3) is 0 Å². The van der Waals surface area contributed by atoms with E-state index in [1.807, 2.05) is 54.6 Å². The van der Waals surface area contributed by atoms with Crippen LogP contribution in [-0.2, 0) is 11.3 Å². The van der Waals surface area contributed by atoms with Crippen LogP contribution in [0.2, 0.25) is 0 Å². The summed E-state index contributed by atoms with van der Waals surface area (Å²) >= 11 is 0. The Labute approximate surface area is 100 Å². The first-order valence-electron chi connectivity index (χ1n) is 5.78. The summed E-state index contributed by atoms with van der Waals surface area (Å²) in [6.45, 7) is 0.562. The molecule has 1 aliphatic heterocycles. The number of hydrogen-bond donors (Lipinski definition) is 1. The second-order valence-electron chi connectivity index (χ2n) is 4.29. The minimum Gasteiger partial charge on any atom is -0.385 e. The Morgan fingerprint density at radius 2 is 1.65 bits per heavy atom. The molecule has 0 radical (unpaired) electrons. The molecule has 0 amide bonds. The normalized spacial score (nSPS) is 23.1. The van der Waals surface area contributed by atoms with Crippen molar-refractivity contribution in [3.63, 3.8) is 0 Å². The fraction of sp³-hybridized carbons (Fsp3) is 0.200. The van der Waals surface area contributed by atoms with Gasteiger partial charge in [0.2, 0.25) is 0 Å². The lowest BCUT2D eigenvalue weighted by molar-refractivity contribution is -0.0655. The number of aliphatic hydroxyl groups excluding tert-OH is 1. The standard InChI is InChI=1S/C15H14O2/c16-14-13-9-5-4-8-12(13)10-17-15(14)11-6-2-1-3-7-11/h1-9,14-16H,10H2/t14-,15+/m0/s1. The van der Waals surface area contributed by atoms with Gasteiger partial charge in [-0.3, -0.25) is 0 Å². The third-order valence-corrected chi connectivity index (χ3v) is 3.21. The van der Waals surface area contributed by atoms with Crippen molar-refractivity contribution < 1.29 is 9.84 Å². The first-order valence-corrected chi connectivity index (χ1v) is 5.78. The van der Waals surface area contributed by atoms with Crippen LogP contribution in [0.5, 0.6) is 0 Å². The molecule has 0 aromatic heterocycles. The summed E-state index contributed by atoms with van der Waals surface area (Å²) in [6.07, 6.45) is -0.839. The van der Waals surface area contributed by atoms with Crippen LogP contribution >= 0.6 is 0 Å². The molecule has 0 unspecified atom stereocenters. The second kappa shape index (κ2) is 4.32. The maximum atomic E-state index is 10.3. The number of benzene rings is 2. The molecule has 86 valence electrons. The van der Waals surface area contributed by atoms with Crippen molar-refractivity contribution in [3.8, 4) is 0 Å². The van der Waals surface area contributed by atoms with Gasteiger partial charge in [-0.15, -0.1) is 0 Å². The van der Waals surface area contributed by atoms with E-state index in [9.17, 15) is 5.11 Å². The maximum absolute atomic E-state index is 10.3. The molecule has 0 aliphatic carbocycles. The van der Waals surface area contributed by atoms with Gasteiger partial charge in [-0.05, 0) is 16.7 Å². The van der Waals surface area contributed by atoms with Gasteiger partial charge in [0.25, 0.3) is 0 Å². The van der Waals surface area contributed by atoms with Crippen molar-refractivity contribution in [3.05, 3.63) is 71.3 Å². The summed E-state index contributed by atoms with van der Waals surface area (Å²) in [6, 6.07) is 17.8. The van der Waals surface area contributed by atoms with Crippen LogP contribution in [0.4, 0.5) is 0 Å². The van der Waals surface area contributed by atoms with Crippen LogP contribution in [0, 0.1) is 0 Å². The Kier molecular flexibility index (Phi) is 2.67. The number of aliphatic hydroxyl groups is 1. The van der Waals surface area contributed by atoms with E-state index in [0.717, 1.165) is 16.7 Å². The summed E-state index contributed by atoms with van der Waals surface area (Å²) in [4.78, 5) is 0. The first kappa shape index (κ1) is 10.5. The van der Waals surface area contributed by atoms with E-state index < -0.39 is 6.10 Å². The molecule has 0 saturated heterocycles. The molecule has 2 aromatic carbocycles. The average Bonchev–Trinajstić information content (AvgIpc) is 2.40. The predicted octanol–water partition coefficient (Wildman–Crippen LogP) is 2.99. The molecular formula is C15H14O2. The van der Waals surface area contributed by atoms with E-state index in [-0.39, 0.29) is 6.10 Å². The van der Waals surface area contributed by atoms with Gasteiger partial charge in [-0.25, -0.2) is 0 Å². The fourth-order valence-corrected chi connectivity index (χ4v) is 2.31. The zero-order valence-electron chi connectivity index (χ0n) is 9.41. The molecule has 0 bridgehead atoms. The number of fused-ring (bicyclic) bond motifs is 1. The largest absolute Gasteiger partial charge is 0.385 e. The summed E-state index contributed by atoms with van der Waals surface area (Å²) in [7, 11) is 0. The molecule has 0 spiro atoms. The molecule has 1 heterocycles. The van der Waals surface area contributed by atoms with E-state index in [2.05, 4.69) is 0 Å². The molecule has 17 heavy (non-hydrogen) atoms. The van der Waals surface area contributed by atoms with Crippen molar-refractivity contribution in [2.45, 2.75) is 18.8 Å². The second-order valence-corrected chi connectivity index (χ2v) is 4.29. The monoisotopic (exact) mass is 226 g/mol. The van der Waals surface area contributed by atoms with Crippen molar-refractivity contribution in [2.75, 3.05) is 0 Å². The van der Waals surface area contributed by atoms with Gasteiger partial charge < -0.3 is 9.84 Å². The van der Waals surface area contributed by atoms with E-state index in [1.54, 1.807) is 0 Å². The summed E-state index contributed by atoms with van der Waals surface area (Å²) < 4.78 is 5.75. The van der Waals surface area contributed by atoms with Gasteiger partial charge in [0, 0.05) is 0 Å². The zero-order valence-corrected chi connectivity index (χ0v) is 9.41. The van der Waals surface area contributed by atoms with E-state index in [0.29, 0.717) is 6.61 Å². The van der Waals surface area contributed by atoms with E-state index in [4.69, 9.17) is 4.74 Å². The Morgan fingerprint density at radius 1 is 0.941 bits per heavy atom. The van der Waals surface area contributed by atoms with Crippen LogP contribution < -0.4 is 0 Å². The Hall–Kier alpha value is -1.64. The molecule has 0 saturated carbocycles. The maximum Gasteiger partial charge on any atom is 0.113 e. The van der Waals surface area contributed by atoms with Crippen LogP contribution in [0.3, 0.4) is 0 Å². The lowest BCUT2D eigenvalue weighted by atomic mass is 9.92. The van der Waals surface area contributed by atoms with Gasteiger partial charge in [0.15, 0.2) is 0 Å². The molecule has 2 nitrogen and oxygen atoms in total. The SMILES string of the molecule is O[C@H]1c2ccccc2CO[C@@H]1c1ccccc1. The minimum atomic E-state index is -0.581. The lowest BCUT2D eigenvalue weighted by Crippen LogP contribution is -2.21. The van der Waals surface area contributed by atoms with Crippen molar-refractivity contribution in [1.82, 2.24) is 0 Å². The van der Waals surface area contributed by atoms with Crippen molar-refractivity contribution in [1.29, 1.82) is 0 Å². The number of rotatable bonds is 1. The molecule has 1 N–H and O–H groups in total. The molecule has 2 heteroatoms. The van der Waals surface area contributed by atoms with Crippen LogP contribution in [-0.4, -0.2) is 5.11 Å². The molecule has 0 fully saturated rings. The van der Waals surface area contributed by atoms with Crippen LogP contribution in [0.15, 0.2) is 54.6 Å². The molecule has 1 aliphatic rings. The van der Waals surface area contributed by atoms with Gasteiger partial charge in [0.1, 0.15) is 12.2 Å². The number of hydrogen-bond acceptors (Lipinski definition) is 2. The van der Waals surface area contributed by atoms with Crippen molar-refractivity contribution >= 4 is 0 Å². The Morgan fingerprint density at radius 3 is 2.47 bits per heavy atom. The molecule has 3 rings (SSSR count). The summed E-state index contributed by atoms with van der Waals surface area (Å²) in [5.74, 6) is 0. The topological polar surface area (TPSA) is 29.5 Å². The average molecular weight is 226 g/mol. The highest BCUT2D eigenvalue weighted by Crippen LogP contribution is 2.38. The van der Waals surface area contributed by atoms with Gasteiger partial charge >= 0.3 is 0 Å².